The number of aryl methyl sites for hydroxylation is 2. The van der Waals surface area contributed by atoms with Gasteiger partial charge in [-0.1, -0.05) is 29.8 Å². The second-order valence-corrected chi connectivity index (χ2v) is 5.28. The zero-order valence-corrected chi connectivity index (χ0v) is 12.6. The van der Waals surface area contributed by atoms with Gasteiger partial charge in [0.2, 0.25) is 0 Å². The topological polar surface area (TPSA) is 26.3 Å². The van der Waals surface area contributed by atoms with Gasteiger partial charge in [0.1, 0.15) is 5.75 Å². The SMILES string of the molecule is COc1cc(C(=O)Cc2ccc(C)c(C)c2)ccc1Cl. The Morgan fingerprint density at radius 3 is 2.50 bits per heavy atom. The van der Waals surface area contributed by atoms with Crippen LogP contribution in [0.5, 0.6) is 5.75 Å². The number of halogens is 1. The first-order valence-corrected chi connectivity index (χ1v) is 6.82. The molecule has 0 aromatic heterocycles. The van der Waals surface area contributed by atoms with Crippen LogP contribution in [0.3, 0.4) is 0 Å². The molecule has 0 atom stereocenters. The number of methoxy groups -OCH3 is 1. The molecule has 0 saturated heterocycles. The Morgan fingerprint density at radius 2 is 1.85 bits per heavy atom. The van der Waals surface area contributed by atoms with Crippen molar-refractivity contribution in [3.63, 3.8) is 0 Å². The van der Waals surface area contributed by atoms with Gasteiger partial charge in [0, 0.05) is 12.0 Å². The van der Waals surface area contributed by atoms with Crippen molar-refractivity contribution in [2.24, 2.45) is 0 Å². The molecule has 0 heterocycles. The van der Waals surface area contributed by atoms with Gasteiger partial charge in [-0.2, -0.15) is 0 Å². The minimum atomic E-state index is 0.0585. The summed E-state index contributed by atoms with van der Waals surface area (Å²) in [5, 5.41) is 0.509. The summed E-state index contributed by atoms with van der Waals surface area (Å²) in [4.78, 5) is 12.3. The lowest BCUT2D eigenvalue weighted by molar-refractivity contribution is 0.0992. The highest BCUT2D eigenvalue weighted by atomic mass is 35.5. The fraction of sp³-hybridized carbons (Fsp3) is 0.235. The fourth-order valence-electron chi connectivity index (χ4n) is 2.03. The predicted molar refractivity (Wildman–Crippen MR) is 82.0 cm³/mol. The highest BCUT2D eigenvalue weighted by Gasteiger charge is 2.10. The number of carbonyl (C=O) groups is 1. The highest BCUT2D eigenvalue weighted by molar-refractivity contribution is 6.32. The van der Waals surface area contributed by atoms with Crippen LogP contribution in [0.25, 0.3) is 0 Å². The molecule has 2 aromatic rings. The molecule has 2 rings (SSSR count). The van der Waals surface area contributed by atoms with Crippen molar-refractivity contribution in [2.45, 2.75) is 20.3 Å². The maximum Gasteiger partial charge on any atom is 0.167 e. The number of rotatable bonds is 4. The Hall–Kier alpha value is -1.80. The van der Waals surface area contributed by atoms with Gasteiger partial charge < -0.3 is 4.74 Å². The number of hydrogen-bond donors (Lipinski definition) is 0. The van der Waals surface area contributed by atoms with Gasteiger partial charge in [0.15, 0.2) is 5.78 Å². The summed E-state index contributed by atoms with van der Waals surface area (Å²) in [7, 11) is 1.54. The first kappa shape index (κ1) is 14.6. The molecule has 0 unspecified atom stereocenters. The van der Waals surface area contributed by atoms with E-state index in [9.17, 15) is 4.79 Å². The second-order valence-electron chi connectivity index (χ2n) is 4.87. The first-order chi connectivity index (χ1) is 9.51. The third kappa shape index (κ3) is 3.20. The Morgan fingerprint density at radius 1 is 1.10 bits per heavy atom. The first-order valence-electron chi connectivity index (χ1n) is 6.44. The Bertz CT molecular complexity index is 647. The smallest absolute Gasteiger partial charge is 0.167 e. The van der Waals surface area contributed by atoms with E-state index in [1.165, 1.54) is 11.1 Å². The monoisotopic (exact) mass is 288 g/mol. The Kier molecular flexibility index (Phi) is 4.46. The lowest BCUT2D eigenvalue weighted by atomic mass is 9.99. The van der Waals surface area contributed by atoms with Crippen LogP contribution in [-0.2, 0) is 6.42 Å². The van der Waals surface area contributed by atoms with Crippen LogP contribution in [-0.4, -0.2) is 12.9 Å². The van der Waals surface area contributed by atoms with Crippen molar-refractivity contribution >= 4 is 17.4 Å². The summed E-state index contributed by atoms with van der Waals surface area (Å²) in [5.41, 5.74) is 4.06. The van der Waals surface area contributed by atoms with Crippen molar-refractivity contribution in [3.8, 4) is 5.75 Å². The highest BCUT2D eigenvalue weighted by Crippen LogP contribution is 2.25. The van der Waals surface area contributed by atoms with E-state index in [1.54, 1.807) is 25.3 Å². The molecule has 0 bridgehead atoms. The van der Waals surface area contributed by atoms with E-state index in [0.29, 0.717) is 22.8 Å². The zero-order chi connectivity index (χ0) is 14.7. The van der Waals surface area contributed by atoms with E-state index in [4.69, 9.17) is 16.3 Å². The van der Waals surface area contributed by atoms with Gasteiger partial charge in [0.05, 0.1) is 12.1 Å². The summed E-state index contributed by atoms with van der Waals surface area (Å²) in [6.45, 7) is 4.11. The molecule has 20 heavy (non-hydrogen) atoms. The minimum Gasteiger partial charge on any atom is -0.495 e. The van der Waals surface area contributed by atoms with E-state index in [1.807, 2.05) is 12.1 Å². The van der Waals surface area contributed by atoms with Crippen LogP contribution >= 0.6 is 11.6 Å². The van der Waals surface area contributed by atoms with Crippen molar-refractivity contribution < 1.29 is 9.53 Å². The molecule has 3 heteroatoms. The maximum absolute atomic E-state index is 12.3. The molecule has 0 aliphatic rings. The van der Waals surface area contributed by atoms with E-state index >= 15 is 0 Å². The van der Waals surface area contributed by atoms with Gasteiger partial charge in [-0.3, -0.25) is 4.79 Å². The summed E-state index contributed by atoms with van der Waals surface area (Å²) in [5.74, 6) is 0.584. The summed E-state index contributed by atoms with van der Waals surface area (Å²) in [6, 6.07) is 11.2. The minimum absolute atomic E-state index is 0.0585. The van der Waals surface area contributed by atoms with Crippen LogP contribution in [0.2, 0.25) is 5.02 Å². The molecule has 2 aromatic carbocycles. The van der Waals surface area contributed by atoms with Crippen LogP contribution in [0.4, 0.5) is 0 Å². The largest absolute Gasteiger partial charge is 0.495 e. The number of ketones is 1. The van der Waals surface area contributed by atoms with E-state index < -0.39 is 0 Å². The summed E-state index contributed by atoms with van der Waals surface area (Å²) < 4.78 is 5.14. The maximum atomic E-state index is 12.3. The molecule has 0 N–H and O–H groups in total. The molecule has 0 amide bonds. The molecule has 104 valence electrons. The van der Waals surface area contributed by atoms with Gasteiger partial charge in [-0.05, 0) is 48.7 Å². The van der Waals surface area contributed by atoms with Crippen LogP contribution in [0.1, 0.15) is 27.0 Å². The summed E-state index contributed by atoms with van der Waals surface area (Å²) >= 11 is 5.96. The van der Waals surface area contributed by atoms with Crippen molar-refractivity contribution in [3.05, 3.63) is 63.7 Å². The molecule has 2 nitrogen and oxygen atoms in total. The van der Waals surface area contributed by atoms with Crippen molar-refractivity contribution in [2.75, 3.05) is 7.11 Å². The van der Waals surface area contributed by atoms with Crippen molar-refractivity contribution in [1.82, 2.24) is 0 Å². The van der Waals surface area contributed by atoms with Gasteiger partial charge >= 0.3 is 0 Å². The standard InChI is InChI=1S/C17H17ClO2/c1-11-4-5-13(8-12(11)2)9-16(19)14-6-7-15(18)17(10-14)20-3/h4-8,10H,9H2,1-3H3. The van der Waals surface area contributed by atoms with Crippen LogP contribution < -0.4 is 4.74 Å². The molecule has 0 spiro atoms. The number of Topliss-reactive ketones (excluding diaryl/α,β-unsaturated/α-hetero) is 1. The molecular weight excluding hydrogens is 272 g/mol. The van der Waals surface area contributed by atoms with Gasteiger partial charge in [-0.15, -0.1) is 0 Å². The molecule has 0 saturated carbocycles. The average Bonchev–Trinajstić information content (AvgIpc) is 2.43. The quantitative estimate of drug-likeness (QED) is 0.780. The number of ether oxygens (including phenoxy) is 1. The average molecular weight is 289 g/mol. The normalized spacial score (nSPS) is 10.4. The van der Waals surface area contributed by atoms with Crippen molar-refractivity contribution in [1.29, 1.82) is 0 Å². The molecule has 0 fully saturated rings. The number of carbonyl (C=O) groups excluding carboxylic acids is 1. The van der Waals surface area contributed by atoms with Crippen LogP contribution in [0.15, 0.2) is 36.4 Å². The zero-order valence-electron chi connectivity index (χ0n) is 11.9. The summed E-state index contributed by atoms with van der Waals surface area (Å²) in [6.07, 6.45) is 0.381. The Labute approximate surface area is 124 Å². The second kappa shape index (κ2) is 6.10. The lowest BCUT2D eigenvalue weighted by Gasteiger charge is -2.07. The fourth-order valence-corrected chi connectivity index (χ4v) is 2.23. The molecule has 0 aliphatic carbocycles. The predicted octanol–water partition coefficient (Wildman–Crippen LogP) is 4.39. The lowest BCUT2D eigenvalue weighted by Crippen LogP contribution is -2.04. The third-order valence-electron chi connectivity index (χ3n) is 3.41. The number of benzene rings is 2. The van der Waals surface area contributed by atoms with Crippen LogP contribution in [0, 0.1) is 13.8 Å². The third-order valence-corrected chi connectivity index (χ3v) is 3.72. The molecular formula is C17H17ClO2. The Balaban J connectivity index is 2.21. The van der Waals surface area contributed by atoms with E-state index in [-0.39, 0.29) is 5.78 Å². The van der Waals surface area contributed by atoms with Gasteiger partial charge in [0.25, 0.3) is 0 Å². The van der Waals surface area contributed by atoms with E-state index in [2.05, 4.69) is 19.9 Å². The number of hydrogen-bond acceptors (Lipinski definition) is 2. The van der Waals surface area contributed by atoms with Gasteiger partial charge in [-0.25, -0.2) is 0 Å². The van der Waals surface area contributed by atoms with E-state index in [0.717, 1.165) is 5.56 Å². The molecule has 0 aliphatic heterocycles. The molecule has 0 radical (unpaired) electrons.